The molecule has 0 aromatic heterocycles. The molecule has 8 nitrogen and oxygen atoms in total. The summed E-state index contributed by atoms with van der Waals surface area (Å²) >= 11 is 0. The van der Waals surface area contributed by atoms with Gasteiger partial charge in [-0.15, -0.1) is 0 Å². The molecule has 1 amide bonds. The highest BCUT2D eigenvalue weighted by atomic mass is 16.5. The van der Waals surface area contributed by atoms with Crippen molar-refractivity contribution in [2.75, 3.05) is 57.3 Å². The molecule has 190 valence electrons. The number of β-amino-alcohol motifs (C(OH)–C–C–N with tert-alkyl or cyclic N) is 1. The van der Waals surface area contributed by atoms with Gasteiger partial charge in [0.25, 0.3) is 0 Å². The number of benzene rings is 2. The van der Waals surface area contributed by atoms with Gasteiger partial charge in [0.15, 0.2) is 0 Å². The minimum atomic E-state index is -0.611. The molecule has 1 N–H and O–H groups in total. The molecule has 3 atom stereocenters. The zero-order chi connectivity index (χ0) is 25.3. The monoisotopic (exact) mass is 490 g/mol. The van der Waals surface area contributed by atoms with Gasteiger partial charge in [0.05, 0.1) is 29.3 Å². The van der Waals surface area contributed by atoms with Crippen LogP contribution in [0.1, 0.15) is 25.0 Å². The zero-order valence-corrected chi connectivity index (χ0v) is 21.0. The van der Waals surface area contributed by atoms with Crippen LogP contribution in [0.3, 0.4) is 0 Å². The van der Waals surface area contributed by atoms with E-state index in [4.69, 9.17) is 14.7 Å². The second-order valence-corrected chi connectivity index (χ2v) is 10.6. The van der Waals surface area contributed by atoms with Crippen LogP contribution in [0.2, 0.25) is 0 Å². The number of carbonyl (C=O) groups is 1. The molecule has 3 aliphatic rings. The number of aliphatic hydroxyl groups is 1. The van der Waals surface area contributed by atoms with Crippen LogP contribution in [-0.2, 0) is 14.9 Å². The number of aliphatic hydroxyl groups excluding tert-OH is 1. The largest absolute Gasteiger partial charge is 0.491 e. The third-order valence-electron chi connectivity index (χ3n) is 7.41. The fourth-order valence-electron chi connectivity index (χ4n) is 5.62. The van der Waals surface area contributed by atoms with E-state index in [1.54, 1.807) is 24.3 Å². The lowest BCUT2D eigenvalue weighted by Crippen LogP contribution is -2.61. The number of morpholine rings is 2. The number of hydrogen-bond donors (Lipinski definition) is 1. The summed E-state index contributed by atoms with van der Waals surface area (Å²) < 4.78 is 11.9. The third-order valence-corrected chi connectivity index (χ3v) is 7.41. The van der Waals surface area contributed by atoms with Gasteiger partial charge in [-0.1, -0.05) is 18.2 Å². The van der Waals surface area contributed by atoms with Crippen molar-refractivity contribution < 1.29 is 19.4 Å². The van der Waals surface area contributed by atoms with Crippen LogP contribution in [0.15, 0.2) is 48.5 Å². The molecule has 0 radical (unpaired) electrons. The summed E-state index contributed by atoms with van der Waals surface area (Å²) in [6, 6.07) is 17.1. The van der Waals surface area contributed by atoms with Gasteiger partial charge in [-0.05, 0) is 49.7 Å². The average Bonchev–Trinajstić information content (AvgIpc) is 3.06. The molecule has 2 unspecified atom stereocenters. The summed E-state index contributed by atoms with van der Waals surface area (Å²) in [5.74, 6) is 0.811. The van der Waals surface area contributed by atoms with Crippen molar-refractivity contribution in [3.63, 3.8) is 0 Å². The van der Waals surface area contributed by atoms with Crippen LogP contribution in [0.4, 0.5) is 5.69 Å². The zero-order valence-electron chi connectivity index (χ0n) is 21.0. The summed E-state index contributed by atoms with van der Waals surface area (Å²) in [6.07, 6.45) is -0.440. The number of carbonyl (C=O) groups excluding carboxylic acids is 1. The van der Waals surface area contributed by atoms with Crippen molar-refractivity contribution in [1.29, 1.82) is 5.26 Å². The van der Waals surface area contributed by atoms with Gasteiger partial charge in [-0.2, -0.15) is 5.26 Å². The number of nitrogens with zero attached hydrogens (tertiary/aromatic N) is 4. The van der Waals surface area contributed by atoms with Gasteiger partial charge in [0, 0.05) is 51.5 Å². The van der Waals surface area contributed by atoms with E-state index in [1.807, 2.05) is 36.9 Å². The Morgan fingerprint density at radius 3 is 2.42 bits per heavy atom. The lowest BCUT2D eigenvalue weighted by molar-refractivity contribution is -0.142. The van der Waals surface area contributed by atoms with E-state index in [0.717, 1.165) is 44.0 Å². The van der Waals surface area contributed by atoms with E-state index >= 15 is 0 Å². The highest BCUT2D eigenvalue weighted by molar-refractivity contribution is 6.07. The van der Waals surface area contributed by atoms with Crippen molar-refractivity contribution in [2.45, 2.75) is 37.6 Å². The molecule has 0 spiro atoms. The molecule has 3 heterocycles. The third kappa shape index (κ3) is 5.11. The molecule has 2 aromatic carbocycles. The second-order valence-electron chi connectivity index (χ2n) is 10.6. The molecule has 2 aromatic rings. The predicted molar refractivity (Wildman–Crippen MR) is 136 cm³/mol. The number of fused-ring (bicyclic) bond motifs is 3. The molecular weight excluding hydrogens is 456 g/mol. The van der Waals surface area contributed by atoms with Crippen molar-refractivity contribution in [2.24, 2.45) is 0 Å². The van der Waals surface area contributed by atoms with Crippen LogP contribution in [0.5, 0.6) is 5.75 Å². The Morgan fingerprint density at radius 1 is 1.06 bits per heavy atom. The van der Waals surface area contributed by atoms with E-state index < -0.39 is 11.5 Å². The molecule has 0 aliphatic carbocycles. The van der Waals surface area contributed by atoms with Gasteiger partial charge in [0.2, 0.25) is 5.91 Å². The molecule has 2 bridgehead atoms. The number of ether oxygens (including phenoxy) is 2. The van der Waals surface area contributed by atoms with Gasteiger partial charge in [0.1, 0.15) is 18.5 Å². The number of anilines is 1. The maximum Gasteiger partial charge on any atom is 0.237 e. The number of para-hydroxylation sites is 1. The van der Waals surface area contributed by atoms with E-state index in [0.29, 0.717) is 24.4 Å². The Balaban J connectivity index is 1.09. The number of hydrogen-bond acceptors (Lipinski definition) is 7. The van der Waals surface area contributed by atoms with Gasteiger partial charge >= 0.3 is 0 Å². The highest BCUT2D eigenvalue weighted by Crippen LogP contribution is 2.41. The lowest BCUT2D eigenvalue weighted by Gasteiger charge is -2.46. The molecule has 5 rings (SSSR count). The van der Waals surface area contributed by atoms with Crippen LogP contribution in [-0.4, -0.2) is 91.5 Å². The predicted octanol–water partition coefficient (Wildman–Crippen LogP) is 2.01. The number of nitriles is 1. The van der Waals surface area contributed by atoms with Crippen molar-refractivity contribution in [3.05, 3.63) is 59.7 Å². The van der Waals surface area contributed by atoms with Crippen LogP contribution >= 0.6 is 0 Å². The van der Waals surface area contributed by atoms with Gasteiger partial charge in [-0.25, -0.2) is 0 Å². The SMILES string of the molecule is CC1(C)C(=O)N(CCN2CC3CN(C[C@@H](O)COc4ccc(C#N)cc4)CC(C2)O3)c2ccccc21. The topological polar surface area (TPSA) is 89.3 Å². The Hall–Kier alpha value is -2.96. The molecule has 8 heteroatoms. The minimum Gasteiger partial charge on any atom is -0.491 e. The van der Waals surface area contributed by atoms with E-state index in [2.05, 4.69) is 21.9 Å². The standard InChI is InChI=1S/C28H34N4O4/c1-28(2)25-5-3-4-6-26(25)32(27(28)34)12-11-30-15-23-17-31(18-24(16-30)36-23)14-21(33)19-35-22-9-7-20(13-29)8-10-22/h3-10,21,23-24,33H,11-12,14-19H2,1-2H3/t21-,23?,24?/m1/s1. The smallest absolute Gasteiger partial charge is 0.237 e. The highest BCUT2D eigenvalue weighted by Gasteiger charge is 2.44. The minimum absolute atomic E-state index is 0.0853. The maximum atomic E-state index is 13.1. The summed E-state index contributed by atoms with van der Waals surface area (Å²) in [7, 11) is 0. The normalized spacial score (nSPS) is 24.3. The Labute approximate surface area is 212 Å². The number of rotatable bonds is 8. The first kappa shape index (κ1) is 24.7. The quantitative estimate of drug-likeness (QED) is 0.606. The van der Waals surface area contributed by atoms with Crippen LogP contribution in [0, 0.1) is 11.3 Å². The van der Waals surface area contributed by atoms with E-state index in [1.165, 1.54) is 0 Å². The van der Waals surface area contributed by atoms with Gasteiger partial charge < -0.3 is 19.5 Å². The fourth-order valence-corrected chi connectivity index (χ4v) is 5.62. The molecular formula is C28H34N4O4. The van der Waals surface area contributed by atoms with Crippen molar-refractivity contribution >= 4 is 11.6 Å². The Kier molecular flexibility index (Phi) is 7.00. The summed E-state index contributed by atoms with van der Waals surface area (Å²) in [5, 5.41) is 19.4. The van der Waals surface area contributed by atoms with E-state index in [9.17, 15) is 9.90 Å². The van der Waals surface area contributed by atoms with Gasteiger partial charge in [-0.3, -0.25) is 14.6 Å². The van der Waals surface area contributed by atoms with Crippen LogP contribution in [0.25, 0.3) is 0 Å². The average molecular weight is 491 g/mol. The Morgan fingerprint density at radius 2 is 1.72 bits per heavy atom. The lowest BCUT2D eigenvalue weighted by atomic mass is 9.86. The molecule has 2 saturated heterocycles. The first-order chi connectivity index (χ1) is 17.3. The molecule has 0 saturated carbocycles. The van der Waals surface area contributed by atoms with E-state index in [-0.39, 0.29) is 24.7 Å². The van der Waals surface area contributed by atoms with Crippen molar-refractivity contribution in [3.8, 4) is 11.8 Å². The first-order valence-corrected chi connectivity index (χ1v) is 12.7. The summed E-state index contributed by atoms with van der Waals surface area (Å²) in [6.45, 7) is 9.39. The van der Waals surface area contributed by atoms with Crippen molar-refractivity contribution in [1.82, 2.24) is 9.80 Å². The molecule has 3 aliphatic heterocycles. The molecule has 2 fully saturated rings. The second kappa shape index (κ2) is 10.2. The molecule has 36 heavy (non-hydrogen) atoms. The maximum absolute atomic E-state index is 13.1. The fraction of sp³-hybridized carbons (Fsp3) is 0.500. The van der Waals surface area contributed by atoms with Crippen LogP contribution < -0.4 is 9.64 Å². The Bertz CT molecular complexity index is 1120. The first-order valence-electron chi connectivity index (χ1n) is 12.7. The number of amides is 1. The summed E-state index contributed by atoms with van der Waals surface area (Å²) in [4.78, 5) is 19.7. The summed E-state index contributed by atoms with van der Waals surface area (Å²) in [5.41, 5.74) is 2.23.